The molecule has 0 aliphatic rings. The summed E-state index contributed by atoms with van der Waals surface area (Å²) in [6, 6.07) is 3.71. The third-order valence-corrected chi connectivity index (χ3v) is 2.90. The van der Waals surface area contributed by atoms with Gasteiger partial charge in [0.05, 0.1) is 13.2 Å². The summed E-state index contributed by atoms with van der Waals surface area (Å²) in [5.41, 5.74) is 0. The van der Waals surface area contributed by atoms with Crippen molar-refractivity contribution in [3.8, 4) is 0 Å². The maximum Gasteiger partial charge on any atom is 0.373 e. The van der Waals surface area contributed by atoms with Crippen LogP contribution in [0, 0.1) is 0 Å². The van der Waals surface area contributed by atoms with Crippen LogP contribution in [-0.2, 0) is 4.74 Å². The van der Waals surface area contributed by atoms with E-state index in [1.807, 2.05) is 6.07 Å². The van der Waals surface area contributed by atoms with Gasteiger partial charge in [-0.15, -0.1) is 0 Å². The summed E-state index contributed by atoms with van der Waals surface area (Å²) in [5, 5.41) is 3.38. The van der Waals surface area contributed by atoms with Crippen LogP contribution in [0.2, 0.25) is 0 Å². The number of furan rings is 1. The molecule has 18 heavy (non-hydrogen) atoms. The molecule has 0 aliphatic carbocycles. The molecule has 1 aromatic rings. The van der Waals surface area contributed by atoms with Gasteiger partial charge in [0.1, 0.15) is 5.76 Å². The largest absolute Gasteiger partial charge is 0.463 e. The van der Waals surface area contributed by atoms with E-state index in [2.05, 4.69) is 23.9 Å². The number of esters is 1. The Morgan fingerprint density at radius 2 is 2.17 bits per heavy atom. The second-order valence-corrected chi connectivity index (χ2v) is 4.30. The second-order valence-electron chi connectivity index (χ2n) is 4.30. The van der Waals surface area contributed by atoms with Gasteiger partial charge in [0.2, 0.25) is 5.76 Å². The highest BCUT2D eigenvalue weighted by atomic mass is 16.5. The average Bonchev–Trinajstić information content (AvgIpc) is 2.86. The fraction of sp³-hybridized carbons (Fsp3) is 0.643. The molecule has 1 unspecified atom stereocenters. The SMILES string of the molecule is CCCCCC(NCC)c1ccc(C(=O)OC)o1. The molecule has 1 rings (SSSR count). The highest BCUT2D eigenvalue weighted by Crippen LogP contribution is 2.22. The van der Waals surface area contributed by atoms with E-state index < -0.39 is 5.97 Å². The zero-order valence-corrected chi connectivity index (χ0v) is 11.5. The first-order valence-electron chi connectivity index (χ1n) is 6.64. The van der Waals surface area contributed by atoms with Gasteiger partial charge >= 0.3 is 5.97 Å². The zero-order chi connectivity index (χ0) is 13.4. The maximum absolute atomic E-state index is 11.3. The lowest BCUT2D eigenvalue weighted by Crippen LogP contribution is -2.20. The van der Waals surface area contributed by atoms with E-state index in [0.717, 1.165) is 25.1 Å². The lowest BCUT2D eigenvalue weighted by Gasteiger charge is -2.15. The number of methoxy groups -OCH3 is 1. The second kappa shape index (κ2) is 7.93. The zero-order valence-electron chi connectivity index (χ0n) is 11.5. The maximum atomic E-state index is 11.3. The van der Waals surface area contributed by atoms with Gasteiger partial charge < -0.3 is 14.5 Å². The van der Waals surface area contributed by atoms with E-state index in [1.165, 1.54) is 20.0 Å². The first-order chi connectivity index (χ1) is 8.72. The minimum absolute atomic E-state index is 0.181. The average molecular weight is 253 g/mol. The Labute approximate surface area is 109 Å². The highest BCUT2D eigenvalue weighted by molar-refractivity contribution is 5.86. The van der Waals surface area contributed by atoms with E-state index in [0.29, 0.717) is 0 Å². The third kappa shape index (κ3) is 4.18. The Bertz CT molecular complexity index is 360. The molecule has 1 atom stereocenters. The number of hydrogen-bond acceptors (Lipinski definition) is 4. The normalized spacial score (nSPS) is 12.4. The van der Waals surface area contributed by atoms with Crippen molar-refractivity contribution >= 4 is 5.97 Å². The van der Waals surface area contributed by atoms with Crippen LogP contribution < -0.4 is 5.32 Å². The van der Waals surface area contributed by atoms with Crippen LogP contribution in [0.5, 0.6) is 0 Å². The molecule has 1 N–H and O–H groups in total. The Kier molecular flexibility index (Phi) is 6.50. The number of nitrogens with one attached hydrogen (secondary N) is 1. The lowest BCUT2D eigenvalue weighted by molar-refractivity contribution is 0.0562. The Hall–Kier alpha value is -1.29. The Morgan fingerprint density at radius 1 is 1.39 bits per heavy atom. The smallest absolute Gasteiger partial charge is 0.373 e. The van der Waals surface area contributed by atoms with Crippen LogP contribution in [0.3, 0.4) is 0 Å². The van der Waals surface area contributed by atoms with Crippen molar-refractivity contribution in [3.63, 3.8) is 0 Å². The van der Waals surface area contributed by atoms with Gasteiger partial charge in [0, 0.05) is 0 Å². The quantitative estimate of drug-likeness (QED) is 0.570. The molecule has 4 heteroatoms. The van der Waals surface area contributed by atoms with Gasteiger partial charge in [-0.2, -0.15) is 0 Å². The summed E-state index contributed by atoms with van der Waals surface area (Å²) < 4.78 is 10.2. The molecule has 102 valence electrons. The van der Waals surface area contributed by atoms with Crippen molar-refractivity contribution in [1.82, 2.24) is 5.32 Å². The van der Waals surface area contributed by atoms with Crippen LogP contribution in [-0.4, -0.2) is 19.6 Å². The molecular formula is C14H23NO3. The topological polar surface area (TPSA) is 51.5 Å². The van der Waals surface area contributed by atoms with E-state index >= 15 is 0 Å². The summed E-state index contributed by atoms with van der Waals surface area (Å²) in [7, 11) is 1.35. The lowest BCUT2D eigenvalue weighted by atomic mass is 10.1. The van der Waals surface area contributed by atoms with Crippen LogP contribution in [0.1, 0.15) is 61.9 Å². The van der Waals surface area contributed by atoms with Gasteiger partial charge in [-0.3, -0.25) is 0 Å². The fourth-order valence-electron chi connectivity index (χ4n) is 1.94. The minimum atomic E-state index is -0.426. The summed E-state index contributed by atoms with van der Waals surface area (Å²) in [4.78, 5) is 11.3. The van der Waals surface area contributed by atoms with Crippen molar-refractivity contribution < 1.29 is 13.9 Å². The van der Waals surface area contributed by atoms with Crippen molar-refractivity contribution in [3.05, 3.63) is 23.7 Å². The summed E-state index contributed by atoms with van der Waals surface area (Å²) in [6.07, 6.45) is 4.59. The molecular weight excluding hydrogens is 230 g/mol. The van der Waals surface area contributed by atoms with Crippen LogP contribution >= 0.6 is 0 Å². The number of rotatable bonds is 8. The monoisotopic (exact) mass is 253 g/mol. The van der Waals surface area contributed by atoms with Gasteiger partial charge in [0.15, 0.2) is 0 Å². The van der Waals surface area contributed by atoms with E-state index in [9.17, 15) is 4.79 Å². The molecule has 0 radical (unpaired) electrons. The van der Waals surface area contributed by atoms with E-state index in [1.54, 1.807) is 6.07 Å². The molecule has 1 aromatic heterocycles. The van der Waals surface area contributed by atoms with Gasteiger partial charge in [0.25, 0.3) is 0 Å². The minimum Gasteiger partial charge on any atom is -0.463 e. The van der Waals surface area contributed by atoms with Crippen LogP contribution in [0.15, 0.2) is 16.5 Å². The summed E-state index contributed by atoms with van der Waals surface area (Å²) in [6.45, 7) is 5.13. The third-order valence-electron chi connectivity index (χ3n) is 2.90. The van der Waals surface area contributed by atoms with Crippen molar-refractivity contribution in [2.24, 2.45) is 0 Å². The molecule has 1 heterocycles. The Balaban J connectivity index is 2.66. The summed E-state index contributed by atoms with van der Waals surface area (Å²) >= 11 is 0. The number of hydrogen-bond donors (Lipinski definition) is 1. The predicted octanol–water partition coefficient (Wildman–Crippen LogP) is 3.30. The van der Waals surface area contributed by atoms with E-state index in [4.69, 9.17) is 4.42 Å². The first-order valence-corrected chi connectivity index (χ1v) is 6.64. The molecule has 0 saturated heterocycles. The van der Waals surface area contributed by atoms with Crippen LogP contribution in [0.25, 0.3) is 0 Å². The molecule has 0 bridgehead atoms. The van der Waals surface area contributed by atoms with Gasteiger partial charge in [-0.1, -0.05) is 33.1 Å². The highest BCUT2D eigenvalue weighted by Gasteiger charge is 2.17. The number of carbonyl (C=O) groups excluding carboxylic acids is 1. The predicted molar refractivity (Wildman–Crippen MR) is 70.6 cm³/mol. The first kappa shape index (κ1) is 14.8. The number of carbonyl (C=O) groups is 1. The van der Waals surface area contributed by atoms with Crippen molar-refractivity contribution in [2.45, 2.75) is 45.6 Å². The van der Waals surface area contributed by atoms with E-state index in [-0.39, 0.29) is 11.8 Å². The van der Waals surface area contributed by atoms with Gasteiger partial charge in [-0.25, -0.2) is 4.79 Å². The van der Waals surface area contributed by atoms with Crippen molar-refractivity contribution in [1.29, 1.82) is 0 Å². The fourth-order valence-corrected chi connectivity index (χ4v) is 1.94. The van der Waals surface area contributed by atoms with Gasteiger partial charge in [-0.05, 0) is 25.1 Å². The standard InChI is InChI=1S/C14H23NO3/c1-4-6-7-8-11(15-5-2)12-9-10-13(18-12)14(16)17-3/h9-11,15H,4-8H2,1-3H3. The molecule has 0 saturated carbocycles. The molecule has 0 aliphatic heterocycles. The van der Waals surface area contributed by atoms with Crippen molar-refractivity contribution in [2.75, 3.05) is 13.7 Å². The molecule has 0 fully saturated rings. The summed E-state index contributed by atoms with van der Waals surface area (Å²) in [5.74, 6) is 0.657. The van der Waals surface area contributed by atoms with Crippen LogP contribution in [0.4, 0.5) is 0 Å². The molecule has 0 spiro atoms. The molecule has 0 amide bonds. The molecule has 4 nitrogen and oxygen atoms in total. The Morgan fingerprint density at radius 3 is 2.78 bits per heavy atom. The molecule has 0 aromatic carbocycles. The number of ether oxygens (including phenoxy) is 1. The number of unbranched alkanes of at least 4 members (excludes halogenated alkanes) is 2.